The molecule has 0 radical (unpaired) electrons. The SMILES string of the molecule is CC(=O)Oc1ccccc1C(=O)O.NC1=NCCCS1. The summed E-state index contributed by atoms with van der Waals surface area (Å²) in [7, 11) is 0. The molecule has 1 aliphatic rings. The Balaban J connectivity index is 0.000000240. The summed E-state index contributed by atoms with van der Waals surface area (Å²) in [5.74, 6) is -0.428. The molecule has 1 aromatic carbocycles. The van der Waals surface area contributed by atoms with Gasteiger partial charge in [-0.1, -0.05) is 23.9 Å². The van der Waals surface area contributed by atoms with E-state index in [4.69, 9.17) is 10.8 Å². The lowest BCUT2D eigenvalue weighted by molar-refractivity contribution is -0.131. The summed E-state index contributed by atoms with van der Waals surface area (Å²) in [6.45, 7) is 2.15. The van der Waals surface area contributed by atoms with E-state index in [1.165, 1.54) is 25.5 Å². The van der Waals surface area contributed by atoms with E-state index in [2.05, 4.69) is 9.73 Å². The number of thioether (sulfide) groups is 1. The minimum absolute atomic E-state index is 0.0160. The van der Waals surface area contributed by atoms with Crippen molar-refractivity contribution in [3.05, 3.63) is 29.8 Å². The van der Waals surface area contributed by atoms with Crippen molar-refractivity contribution in [3.63, 3.8) is 0 Å². The van der Waals surface area contributed by atoms with Gasteiger partial charge in [-0.25, -0.2) is 4.79 Å². The summed E-state index contributed by atoms with van der Waals surface area (Å²) in [6, 6.07) is 5.98. The van der Waals surface area contributed by atoms with Crippen molar-refractivity contribution in [1.82, 2.24) is 0 Å². The Morgan fingerprint density at radius 2 is 2.10 bits per heavy atom. The van der Waals surface area contributed by atoms with Crippen molar-refractivity contribution in [2.75, 3.05) is 12.3 Å². The highest BCUT2D eigenvalue weighted by molar-refractivity contribution is 8.13. The van der Waals surface area contributed by atoms with E-state index in [1.54, 1.807) is 23.9 Å². The number of rotatable bonds is 2. The number of aliphatic imine (C=N–C) groups is 1. The van der Waals surface area contributed by atoms with E-state index >= 15 is 0 Å². The third-order valence-corrected chi connectivity index (χ3v) is 3.11. The molecular weight excluding hydrogens is 280 g/mol. The van der Waals surface area contributed by atoms with Crippen molar-refractivity contribution >= 4 is 28.9 Å². The number of esters is 1. The van der Waals surface area contributed by atoms with E-state index in [-0.39, 0.29) is 11.3 Å². The highest BCUT2D eigenvalue weighted by Crippen LogP contribution is 2.17. The molecule has 20 heavy (non-hydrogen) atoms. The lowest BCUT2D eigenvalue weighted by atomic mass is 10.2. The molecule has 0 aromatic heterocycles. The first-order chi connectivity index (χ1) is 9.50. The standard InChI is InChI=1S/C9H8O4.C4H8N2S/c1-6(10)13-8-5-3-2-4-7(8)9(11)12;5-4-6-2-1-3-7-4/h2-5H,1H3,(H,11,12);1-3H2,(H2,5,6). The number of carboxylic acids is 1. The largest absolute Gasteiger partial charge is 0.478 e. The highest BCUT2D eigenvalue weighted by Gasteiger charge is 2.10. The van der Waals surface area contributed by atoms with Crippen molar-refractivity contribution in [1.29, 1.82) is 0 Å². The highest BCUT2D eigenvalue weighted by atomic mass is 32.2. The molecule has 0 saturated heterocycles. The molecule has 0 aliphatic carbocycles. The number of ether oxygens (including phenoxy) is 1. The van der Waals surface area contributed by atoms with Gasteiger partial charge in [0.05, 0.1) is 0 Å². The maximum Gasteiger partial charge on any atom is 0.339 e. The topological polar surface area (TPSA) is 102 Å². The lowest BCUT2D eigenvalue weighted by Crippen LogP contribution is -2.12. The Hall–Kier alpha value is -2.02. The Morgan fingerprint density at radius 3 is 2.55 bits per heavy atom. The molecule has 0 bridgehead atoms. The number of carbonyl (C=O) groups excluding carboxylic acids is 1. The summed E-state index contributed by atoms with van der Waals surface area (Å²) in [5, 5.41) is 9.44. The van der Waals surface area contributed by atoms with Crippen LogP contribution in [0.3, 0.4) is 0 Å². The first-order valence-corrected chi connectivity index (χ1v) is 6.92. The molecule has 0 atom stereocenters. The van der Waals surface area contributed by atoms with Gasteiger partial charge in [-0.15, -0.1) is 0 Å². The monoisotopic (exact) mass is 296 g/mol. The van der Waals surface area contributed by atoms with Crippen molar-refractivity contribution in [2.24, 2.45) is 10.7 Å². The van der Waals surface area contributed by atoms with Gasteiger partial charge in [0.25, 0.3) is 0 Å². The van der Waals surface area contributed by atoms with Crippen LogP contribution < -0.4 is 10.5 Å². The molecule has 1 heterocycles. The fraction of sp³-hybridized carbons (Fsp3) is 0.308. The number of benzene rings is 1. The van der Waals surface area contributed by atoms with Gasteiger partial charge in [0.1, 0.15) is 11.3 Å². The van der Waals surface area contributed by atoms with Crippen molar-refractivity contribution in [3.8, 4) is 5.75 Å². The number of amidine groups is 1. The quantitative estimate of drug-likeness (QED) is 0.636. The van der Waals surface area contributed by atoms with E-state index < -0.39 is 11.9 Å². The predicted octanol–water partition coefficient (Wildman–Crippen LogP) is 1.75. The fourth-order valence-corrected chi connectivity index (χ4v) is 2.03. The molecule has 2 rings (SSSR count). The van der Waals surface area contributed by atoms with Crippen LogP contribution in [-0.4, -0.2) is 34.5 Å². The minimum atomic E-state index is -1.11. The Morgan fingerprint density at radius 1 is 1.40 bits per heavy atom. The number of hydrogen-bond acceptors (Lipinski definition) is 6. The van der Waals surface area contributed by atoms with Crippen LogP contribution in [0.4, 0.5) is 0 Å². The van der Waals surface area contributed by atoms with Crippen LogP contribution in [0.15, 0.2) is 29.3 Å². The van der Waals surface area contributed by atoms with E-state index in [0.29, 0.717) is 0 Å². The molecule has 108 valence electrons. The summed E-state index contributed by atoms with van der Waals surface area (Å²) >= 11 is 1.65. The molecule has 0 unspecified atom stereocenters. The Labute approximate surface area is 121 Å². The number of carbonyl (C=O) groups is 2. The first-order valence-electron chi connectivity index (χ1n) is 5.94. The molecule has 0 fully saturated rings. The normalized spacial score (nSPS) is 13.6. The summed E-state index contributed by atoms with van der Waals surface area (Å²) in [6.07, 6.45) is 1.19. The van der Waals surface area contributed by atoms with Gasteiger partial charge in [0.2, 0.25) is 0 Å². The number of nitrogens with zero attached hydrogens (tertiary/aromatic N) is 1. The van der Waals surface area contributed by atoms with Gasteiger partial charge >= 0.3 is 11.9 Å². The van der Waals surface area contributed by atoms with Gasteiger partial charge < -0.3 is 15.6 Å². The third kappa shape index (κ3) is 5.75. The van der Waals surface area contributed by atoms with Crippen LogP contribution in [0.1, 0.15) is 23.7 Å². The Kier molecular flexibility index (Phi) is 6.58. The van der Waals surface area contributed by atoms with Gasteiger partial charge in [-0.3, -0.25) is 9.79 Å². The predicted molar refractivity (Wildman–Crippen MR) is 78.3 cm³/mol. The number of para-hydroxylation sites is 1. The maximum absolute atomic E-state index is 10.6. The summed E-state index contributed by atoms with van der Waals surface area (Å²) in [5.41, 5.74) is 5.33. The maximum atomic E-state index is 10.6. The second-order valence-corrected chi connectivity index (χ2v) is 4.93. The minimum Gasteiger partial charge on any atom is -0.478 e. The number of nitrogens with two attached hydrogens (primary N) is 1. The molecule has 1 aliphatic heterocycles. The summed E-state index contributed by atoms with van der Waals surface area (Å²) < 4.78 is 4.69. The van der Waals surface area contributed by atoms with Crippen LogP contribution in [0.5, 0.6) is 5.75 Å². The zero-order chi connectivity index (χ0) is 15.0. The number of carboxylic acid groups (broad SMARTS) is 1. The molecule has 0 spiro atoms. The van der Waals surface area contributed by atoms with E-state index in [1.807, 2.05) is 0 Å². The molecule has 0 amide bonds. The number of hydrogen-bond donors (Lipinski definition) is 2. The van der Waals surface area contributed by atoms with Gasteiger partial charge in [0, 0.05) is 19.2 Å². The lowest BCUT2D eigenvalue weighted by Gasteiger charge is -2.04. The van der Waals surface area contributed by atoms with Crippen molar-refractivity contribution < 1.29 is 19.4 Å². The first kappa shape index (κ1) is 16.0. The third-order valence-electron chi connectivity index (χ3n) is 2.19. The zero-order valence-corrected chi connectivity index (χ0v) is 11.9. The zero-order valence-electron chi connectivity index (χ0n) is 11.0. The van der Waals surface area contributed by atoms with Gasteiger partial charge in [-0.2, -0.15) is 0 Å². The molecular formula is C13H16N2O4S. The van der Waals surface area contributed by atoms with Crippen molar-refractivity contribution in [2.45, 2.75) is 13.3 Å². The Bertz CT molecular complexity index is 517. The van der Waals surface area contributed by atoms with E-state index in [0.717, 1.165) is 17.5 Å². The van der Waals surface area contributed by atoms with Crippen LogP contribution in [-0.2, 0) is 4.79 Å². The van der Waals surface area contributed by atoms with Crippen LogP contribution in [0.25, 0.3) is 0 Å². The smallest absolute Gasteiger partial charge is 0.339 e. The number of aromatic carboxylic acids is 1. The van der Waals surface area contributed by atoms with Crippen LogP contribution >= 0.6 is 11.8 Å². The molecule has 0 saturated carbocycles. The van der Waals surface area contributed by atoms with Crippen LogP contribution in [0.2, 0.25) is 0 Å². The van der Waals surface area contributed by atoms with Gasteiger partial charge in [-0.05, 0) is 18.6 Å². The molecule has 1 aromatic rings. The molecule has 6 nitrogen and oxygen atoms in total. The average molecular weight is 296 g/mol. The summed E-state index contributed by atoms with van der Waals surface area (Å²) in [4.78, 5) is 25.2. The average Bonchev–Trinajstić information content (AvgIpc) is 2.40. The fourth-order valence-electron chi connectivity index (χ4n) is 1.36. The second-order valence-electron chi connectivity index (χ2n) is 3.82. The van der Waals surface area contributed by atoms with E-state index in [9.17, 15) is 9.59 Å². The second kappa shape index (κ2) is 8.21. The van der Waals surface area contributed by atoms with Gasteiger partial charge in [0.15, 0.2) is 5.17 Å². The molecule has 7 heteroatoms. The molecule has 3 N–H and O–H groups in total. The van der Waals surface area contributed by atoms with Crippen LogP contribution in [0, 0.1) is 0 Å².